The lowest BCUT2D eigenvalue weighted by molar-refractivity contribution is -0.167. The van der Waals surface area contributed by atoms with Gasteiger partial charge in [-0.1, -0.05) is 18.2 Å². The van der Waals surface area contributed by atoms with E-state index in [0.29, 0.717) is 24.5 Å². The second-order valence-electron chi connectivity index (χ2n) is 7.55. The van der Waals surface area contributed by atoms with E-state index < -0.39 is 23.8 Å². The van der Waals surface area contributed by atoms with Crippen LogP contribution in [0.4, 0.5) is 8.78 Å². The molecule has 3 atom stereocenters. The van der Waals surface area contributed by atoms with Gasteiger partial charge in [0.05, 0.1) is 6.10 Å². The number of hydrogen-bond donors (Lipinski definition) is 0. The van der Waals surface area contributed by atoms with E-state index in [2.05, 4.69) is 0 Å². The number of likely N-dealkylation sites (tertiary alicyclic amines) is 1. The molecule has 2 aromatic rings. The molecule has 4 nitrogen and oxygen atoms in total. The summed E-state index contributed by atoms with van der Waals surface area (Å²) in [5.74, 6) is -1.37. The summed E-state index contributed by atoms with van der Waals surface area (Å²) in [6.45, 7) is 4.97. The molecule has 1 amide bonds. The number of hydrogen-bond acceptors (Lipinski definition) is 3. The molecule has 28 heavy (non-hydrogen) atoms. The molecule has 0 saturated carbocycles. The molecular weight excluding hydrogens is 364 g/mol. The molecule has 2 heterocycles. The van der Waals surface area contributed by atoms with Crippen LogP contribution in [0.15, 0.2) is 36.4 Å². The Balaban J connectivity index is 1.62. The van der Waals surface area contributed by atoms with Crippen LogP contribution in [0, 0.1) is 25.5 Å². The smallest absolute Gasteiger partial charge is 0.266 e. The molecule has 2 saturated heterocycles. The van der Waals surface area contributed by atoms with Crippen molar-refractivity contribution < 1.29 is 23.0 Å². The van der Waals surface area contributed by atoms with Gasteiger partial charge in [-0.15, -0.1) is 0 Å². The topological polar surface area (TPSA) is 38.8 Å². The van der Waals surface area contributed by atoms with E-state index in [-0.39, 0.29) is 12.0 Å². The average molecular weight is 387 g/mol. The van der Waals surface area contributed by atoms with Gasteiger partial charge in [-0.05, 0) is 61.6 Å². The lowest BCUT2D eigenvalue weighted by atomic mass is 9.89. The SMILES string of the molecule is Cc1ccc(C)c(O[C@@H]2C(=O)N(C[C@@H]3CCCO3)[C@H]2c2ccc(F)c(F)c2)c1. The molecule has 2 aliphatic rings. The summed E-state index contributed by atoms with van der Waals surface area (Å²) in [4.78, 5) is 14.5. The molecule has 6 heteroatoms. The van der Waals surface area contributed by atoms with Crippen molar-refractivity contribution in [2.75, 3.05) is 13.2 Å². The highest BCUT2D eigenvalue weighted by Crippen LogP contribution is 2.39. The number of rotatable bonds is 5. The predicted molar refractivity (Wildman–Crippen MR) is 100 cm³/mol. The summed E-state index contributed by atoms with van der Waals surface area (Å²) in [5.41, 5.74) is 2.46. The van der Waals surface area contributed by atoms with Gasteiger partial charge in [0.25, 0.3) is 5.91 Å². The van der Waals surface area contributed by atoms with Crippen LogP contribution in [0.3, 0.4) is 0 Å². The Morgan fingerprint density at radius 2 is 1.96 bits per heavy atom. The van der Waals surface area contributed by atoms with Gasteiger partial charge in [-0.3, -0.25) is 4.79 Å². The highest BCUT2D eigenvalue weighted by Gasteiger charge is 2.51. The van der Waals surface area contributed by atoms with Crippen LogP contribution >= 0.6 is 0 Å². The zero-order chi connectivity index (χ0) is 19.8. The maximum atomic E-state index is 13.9. The number of benzene rings is 2. The Morgan fingerprint density at radius 3 is 2.68 bits per heavy atom. The van der Waals surface area contributed by atoms with Crippen LogP contribution in [0.25, 0.3) is 0 Å². The van der Waals surface area contributed by atoms with Crippen molar-refractivity contribution in [2.45, 2.75) is 44.9 Å². The molecule has 2 fully saturated rings. The van der Waals surface area contributed by atoms with E-state index in [9.17, 15) is 13.6 Å². The van der Waals surface area contributed by atoms with Gasteiger partial charge >= 0.3 is 0 Å². The molecule has 0 spiro atoms. The third-order valence-corrected chi connectivity index (χ3v) is 5.46. The van der Waals surface area contributed by atoms with Gasteiger partial charge in [0.1, 0.15) is 11.8 Å². The summed E-state index contributed by atoms with van der Waals surface area (Å²) in [7, 11) is 0. The zero-order valence-corrected chi connectivity index (χ0v) is 16.0. The van der Waals surface area contributed by atoms with E-state index in [1.807, 2.05) is 32.0 Å². The number of amides is 1. The second kappa shape index (κ2) is 7.51. The minimum absolute atomic E-state index is 0.0293. The van der Waals surface area contributed by atoms with Crippen LogP contribution in [-0.4, -0.2) is 36.2 Å². The van der Waals surface area contributed by atoms with Gasteiger partial charge in [0.2, 0.25) is 6.10 Å². The van der Waals surface area contributed by atoms with Crippen molar-refractivity contribution in [3.05, 3.63) is 64.7 Å². The Bertz CT molecular complexity index is 895. The highest BCUT2D eigenvalue weighted by molar-refractivity contribution is 5.89. The van der Waals surface area contributed by atoms with E-state index in [1.54, 1.807) is 4.90 Å². The maximum absolute atomic E-state index is 13.9. The van der Waals surface area contributed by atoms with Crippen LogP contribution in [0.2, 0.25) is 0 Å². The monoisotopic (exact) mass is 387 g/mol. The number of ether oxygens (including phenoxy) is 2. The van der Waals surface area contributed by atoms with E-state index in [1.165, 1.54) is 6.07 Å². The van der Waals surface area contributed by atoms with Gasteiger partial charge in [-0.25, -0.2) is 8.78 Å². The summed E-state index contributed by atoms with van der Waals surface area (Å²) >= 11 is 0. The fourth-order valence-corrected chi connectivity index (χ4v) is 3.87. The van der Waals surface area contributed by atoms with Crippen molar-refractivity contribution in [1.82, 2.24) is 4.90 Å². The first-order valence-corrected chi connectivity index (χ1v) is 9.55. The van der Waals surface area contributed by atoms with Gasteiger partial charge in [-0.2, -0.15) is 0 Å². The third-order valence-electron chi connectivity index (χ3n) is 5.46. The fourth-order valence-electron chi connectivity index (χ4n) is 3.87. The fraction of sp³-hybridized carbons (Fsp3) is 0.409. The third kappa shape index (κ3) is 3.49. The van der Waals surface area contributed by atoms with Crippen molar-refractivity contribution in [3.8, 4) is 5.75 Å². The Hall–Kier alpha value is -2.47. The van der Waals surface area contributed by atoms with Crippen LogP contribution in [-0.2, 0) is 9.53 Å². The summed E-state index contributed by atoms with van der Waals surface area (Å²) in [6.07, 6.45) is 1.05. The second-order valence-corrected chi connectivity index (χ2v) is 7.55. The molecule has 0 N–H and O–H groups in total. The lowest BCUT2D eigenvalue weighted by Crippen LogP contribution is -2.62. The lowest BCUT2D eigenvalue weighted by Gasteiger charge is -2.47. The number of β-lactam (4-membered cyclic amide) rings is 1. The van der Waals surface area contributed by atoms with E-state index >= 15 is 0 Å². The average Bonchev–Trinajstić information content (AvgIpc) is 3.19. The standard InChI is InChI=1S/C22H23F2NO3/c1-13-5-6-14(2)19(10-13)28-21-20(15-7-8-17(23)18(24)11-15)25(22(21)26)12-16-4-3-9-27-16/h5-8,10-11,16,20-21H,3-4,9,12H2,1-2H3/t16-,20-,21-/m0/s1. The molecule has 0 bridgehead atoms. The molecule has 4 rings (SSSR count). The molecule has 2 aliphatic heterocycles. The number of aryl methyl sites for hydroxylation is 2. The van der Waals surface area contributed by atoms with Gasteiger partial charge in [0.15, 0.2) is 11.6 Å². The van der Waals surface area contributed by atoms with Crippen LogP contribution < -0.4 is 4.74 Å². The summed E-state index contributed by atoms with van der Waals surface area (Å²) < 4.78 is 39.0. The Morgan fingerprint density at radius 1 is 1.14 bits per heavy atom. The molecule has 0 unspecified atom stereocenters. The molecular formula is C22H23F2NO3. The Kier molecular flexibility index (Phi) is 5.06. The van der Waals surface area contributed by atoms with E-state index in [0.717, 1.165) is 36.1 Å². The van der Waals surface area contributed by atoms with Crippen molar-refractivity contribution in [1.29, 1.82) is 0 Å². The van der Waals surface area contributed by atoms with Crippen LogP contribution in [0.5, 0.6) is 5.75 Å². The van der Waals surface area contributed by atoms with Crippen molar-refractivity contribution in [3.63, 3.8) is 0 Å². The van der Waals surface area contributed by atoms with Gasteiger partial charge in [0, 0.05) is 13.2 Å². The summed E-state index contributed by atoms with van der Waals surface area (Å²) in [6, 6.07) is 9.06. The first-order valence-electron chi connectivity index (χ1n) is 9.55. The van der Waals surface area contributed by atoms with Crippen molar-refractivity contribution >= 4 is 5.91 Å². The Labute approximate surface area is 163 Å². The number of nitrogens with zero attached hydrogens (tertiary/aromatic N) is 1. The number of carbonyl (C=O) groups is 1. The van der Waals surface area contributed by atoms with Crippen molar-refractivity contribution in [2.24, 2.45) is 0 Å². The first-order chi connectivity index (χ1) is 13.4. The number of carbonyl (C=O) groups excluding carboxylic acids is 1. The molecule has 148 valence electrons. The molecule has 0 aromatic heterocycles. The highest BCUT2D eigenvalue weighted by atomic mass is 19.2. The number of halogens is 2. The van der Waals surface area contributed by atoms with E-state index in [4.69, 9.17) is 9.47 Å². The van der Waals surface area contributed by atoms with Crippen LogP contribution in [0.1, 0.15) is 35.6 Å². The minimum atomic E-state index is -0.931. The molecule has 0 radical (unpaired) electrons. The largest absolute Gasteiger partial charge is 0.478 e. The summed E-state index contributed by atoms with van der Waals surface area (Å²) in [5, 5.41) is 0. The maximum Gasteiger partial charge on any atom is 0.266 e. The molecule has 0 aliphatic carbocycles. The predicted octanol–water partition coefficient (Wildman–Crippen LogP) is 4.09. The minimum Gasteiger partial charge on any atom is -0.478 e. The zero-order valence-electron chi connectivity index (χ0n) is 16.0. The normalized spacial score (nSPS) is 24.4. The van der Waals surface area contributed by atoms with Gasteiger partial charge < -0.3 is 14.4 Å². The molecule has 2 aromatic carbocycles. The first kappa shape index (κ1) is 18.9. The quantitative estimate of drug-likeness (QED) is 0.726.